The fraction of sp³-hybridized carbons (Fsp3) is 0.390. The molecule has 2 saturated carbocycles. The predicted octanol–water partition coefficient (Wildman–Crippen LogP) is 5.72. The molecule has 12 atom stereocenters. The van der Waals surface area contributed by atoms with Crippen LogP contribution in [0.1, 0.15) is 105 Å². The number of carboxylic acids is 1. The molecule has 1 amide bonds. The van der Waals surface area contributed by atoms with Crippen molar-refractivity contribution in [1.29, 1.82) is 0 Å². The number of fused-ring (bicyclic) bond motifs is 6. The number of benzene rings is 4. The molecule has 2 bridgehead atoms. The lowest BCUT2D eigenvalue weighted by Crippen LogP contribution is -2.82. The second-order valence-electron chi connectivity index (χ2n) is 20.9. The first-order valence-corrected chi connectivity index (χ1v) is 25.3. The number of nitrogens with one attached hydrogen (secondary N) is 1. The maximum absolute atomic E-state index is 15.5. The number of carbonyl (C=O) groups is 7. The van der Waals surface area contributed by atoms with E-state index in [1.54, 1.807) is 123 Å². The molecular weight excluding hydrogens is 1010 g/mol. The number of carbonyl (C=O) groups excluding carboxylic acids is 6. The average Bonchev–Trinajstić information content (AvgIpc) is 3.25. The SMILES string of the molecule is CC(=O)O[C@H]1C(=O)[C@@]2(C)[C@H]([C@H](OC(=O)c3ccccc3)[C@]3(O)C[C@H](OC(=O)[C@H](O)[C@@H](NC(=O)c4ccccc4)c4ccccc4)C(C)=C1C3(C)C)[C@]1(OC(C)=O)CO[C@@H]1C[C@@H]2O.CC(C(=O)O)c1cc2ccccc2c(=O)o1. The van der Waals surface area contributed by atoms with Gasteiger partial charge >= 0.3 is 35.5 Å². The molecule has 4 aromatic carbocycles. The molecule has 1 aromatic heterocycles. The van der Waals surface area contributed by atoms with E-state index < -0.39 is 130 Å². The Morgan fingerprint density at radius 1 is 0.782 bits per heavy atom. The average molecular weight is 1070 g/mol. The van der Waals surface area contributed by atoms with Gasteiger partial charge in [-0.15, -0.1) is 0 Å². The first-order valence-electron chi connectivity index (χ1n) is 25.3. The second-order valence-corrected chi connectivity index (χ2v) is 20.9. The van der Waals surface area contributed by atoms with E-state index in [1.165, 1.54) is 32.9 Å². The summed E-state index contributed by atoms with van der Waals surface area (Å²) in [4.78, 5) is 106. The van der Waals surface area contributed by atoms with E-state index in [-0.39, 0.29) is 41.1 Å². The highest BCUT2D eigenvalue weighted by Crippen LogP contribution is 2.64. The van der Waals surface area contributed by atoms with Crippen molar-refractivity contribution in [3.05, 3.63) is 165 Å². The number of aliphatic hydroxyl groups excluding tert-OH is 2. The number of Topliss-reactive ketones (excluding diaryl/α,β-unsaturated/α-hetero) is 1. The number of hydrogen-bond donors (Lipinski definition) is 5. The molecule has 19 heteroatoms. The Bertz CT molecular complexity index is 3230. The van der Waals surface area contributed by atoms with Gasteiger partial charge in [0.2, 0.25) is 0 Å². The van der Waals surface area contributed by atoms with Crippen molar-refractivity contribution in [1.82, 2.24) is 5.32 Å². The van der Waals surface area contributed by atoms with Gasteiger partial charge in [-0.1, -0.05) is 98.8 Å². The number of carboxylic acid groups (broad SMARTS) is 1. The van der Waals surface area contributed by atoms with Crippen LogP contribution in [-0.2, 0) is 47.7 Å². The Morgan fingerprint density at radius 3 is 1.95 bits per heavy atom. The van der Waals surface area contributed by atoms with Gasteiger partial charge in [-0.25, -0.2) is 14.4 Å². The van der Waals surface area contributed by atoms with Crippen LogP contribution in [0, 0.1) is 16.7 Å². The van der Waals surface area contributed by atoms with Gasteiger partial charge < -0.3 is 53.8 Å². The van der Waals surface area contributed by atoms with Crippen LogP contribution in [0.3, 0.4) is 0 Å². The lowest BCUT2D eigenvalue weighted by Gasteiger charge is -2.67. The maximum Gasteiger partial charge on any atom is 0.343 e. The highest BCUT2D eigenvalue weighted by atomic mass is 16.6. The third-order valence-corrected chi connectivity index (χ3v) is 16.0. The van der Waals surface area contributed by atoms with Crippen molar-refractivity contribution in [2.75, 3.05) is 6.61 Å². The monoisotopic (exact) mass is 1070 g/mol. The van der Waals surface area contributed by atoms with Crippen LogP contribution in [0.5, 0.6) is 0 Å². The molecule has 78 heavy (non-hydrogen) atoms. The normalized spacial score (nSPS) is 27.9. The lowest BCUT2D eigenvalue weighted by molar-refractivity contribution is -0.346. The van der Waals surface area contributed by atoms with Crippen molar-refractivity contribution < 1.29 is 82.1 Å². The number of esters is 4. The summed E-state index contributed by atoms with van der Waals surface area (Å²) in [5.41, 5.74) is -7.52. The molecule has 5 aromatic rings. The summed E-state index contributed by atoms with van der Waals surface area (Å²) in [5.74, 6) is -8.50. The number of aliphatic hydroxyl groups is 3. The highest BCUT2D eigenvalue weighted by molar-refractivity contribution is 5.96. The zero-order valence-electron chi connectivity index (χ0n) is 43.9. The molecule has 1 aliphatic heterocycles. The third kappa shape index (κ3) is 10.1. The Morgan fingerprint density at radius 2 is 1.37 bits per heavy atom. The largest absolute Gasteiger partial charge is 0.481 e. The van der Waals surface area contributed by atoms with Gasteiger partial charge in [0.1, 0.15) is 35.6 Å². The number of ether oxygens (including phenoxy) is 5. The minimum Gasteiger partial charge on any atom is -0.481 e. The first-order chi connectivity index (χ1) is 36.9. The number of rotatable bonds is 12. The van der Waals surface area contributed by atoms with Crippen molar-refractivity contribution >= 4 is 52.3 Å². The third-order valence-electron chi connectivity index (χ3n) is 16.0. The summed E-state index contributed by atoms with van der Waals surface area (Å²) in [6, 6.07) is 31.5. The molecule has 1 saturated heterocycles. The van der Waals surface area contributed by atoms with Crippen molar-refractivity contribution in [2.45, 2.75) is 121 Å². The molecule has 2 heterocycles. The molecule has 19 nitrogen and oxygen atoms in total. The summed E-state index contributed by atoms with van der Waals surface area (Å²) in [6.45, 7) is 9.46. The van der Waals surface area contributed by atoms with Crippen LogP contribution in [0.25, 0.3) is 10.8 Å². The van der Waals surface area contributed by atoms with Gasteiger partial charge in [0.05, 0.1) is 41.0 Å². The number of hydrogen-bond acceptors (Lipinski definition) is 17. The summed E-state index contributed by atoms with van der Waals surface area (Å²) in [6.07, 6.45) is -10.5. The molecule has 0 spiro atoms. The standard InChI is InChI=1S/C47H51NO14.C12H10O4/c1-25-31(60-43(56)36(52)35(28-16-10-7-11-17-28)48-41(54)29-18-12-8-13-19-29)23-47(57)40(61-42(55)30-20-14-9-15-21-30)38-45(6,32(51)22-33-46(38,24-58-33)62-27(3)50)39(53)37(59-26(2)49)34(25)44(47,4)5;1-7(11(13)14)10-6-8-4-2-3-5-9(8)12(15)16-10/h7-21,31-33,35-38,40,51-52,57H,22-24H2,1-6H3,(H,48,54);2-7H,1H3,(H,13,14)/t31-,32-,33+,35-,36+,37+,38-,40-,45+,46-,47+;/m0./s1. The van der Waals surface area contributed by atoms with Crippen molar-refractivity contribution in [2.24, 2.45) is 16.7 Å². The Hall–Kier alpha value is -7.84. The van der Waals surface area contributed by atoms with E-state index in [0.717, 1.165) is 13.8 Å². The predicted molar refractivity (Wildman–Crippen MR) is 276 cm³/mol. The fourth-order valence-electron chi connectivity index (χ4n) is 11.7. The quantitative estimate of drug-likeness (QED) is 0.0567. The minimum atomic E-state index is -2.39. The van der Waals surface area contributed by atoms with E-state index in [4.69, 9.17) is 33.2 Å². The van der Waals surface area contributed by atoms with E-state index in [2.05, 4.69) is 5.32 Å². The van der Waals surface area contributed by atoms with Crippen LogP contribution < -0.4 is 10.9 Å². The maximum atomic E-state index is 15.5. The smallest absolute Gasteiger partial charge is 0.343 e. The Balaban J connectivity index is 0.000000427. The molecule has 0 radical (unpaired) electrons. The van der Waals surface area contributed by atoms with Gasteiger partial charge in [0.15, 0.2) is 23.6 Å². The van der Waals surface area contributed by atoms with E-state index in [0.29, 0.717) is 16.3 Å². The van der Waals surface area contributed by atoms with Crippen LogP contribution >= 0.6 is 0 Å². The molecule has 9 rings (SSSR count). The Labute approximate surface area is 448 Å². The Kier molecular flexibility index (Phi) is 15.8. The van der Waals surface area contributed by atoms with E-state index in [9.17, 15) is 48.9 Å². The first kappa shape index (κ1) is 56.4. The lowest BCUT2D eigenvalue weighted by atomic mass is 9.44. The topological polar surface area (TPSA) is 289 Å². The van der Waals surface area contributed by atoms with Crippen molar-refractivity contribution in [3.63, 3.8) is 0 Å². The van der Waals surface area contributed by atoms with Crippen molar-refractivity contribution in [3.8, 4) is 0 Å². The molecule has 5 N–H and O–H groups in total. The van der Waals surface area contributed by atoms with E-state index in [1.807, 2.05) is 0 Å². The molecule has 3 fully saturated rings. The fourth-order valence-corrected chi connectivity index (χ4v) is 11.7. The van der Waals surface area contributed by atoms with Gasteiger partial charge in [-0.2, -0.15) is 0 Å². The highest BCUT2D eigenvalue weighted by Gasteiger charge is 2.78. The van der Waals surface area contributed by atoms with Crippen LogP contribution in [0.4, 0.5) is 0 Å². The zero-order valence-corrected chi connectivity index (χ0v) is 43.9. The van der Waals surface area contributed by atoms with E-state index >= 15 is 4.79 Å². The molecular formula is C59H61NO18. The summed E-state index contributed by atoms with van der Waals surface area (Å²) >= 11 is 0. The minimum absolute atomic E-state index is 0.00289. The van der Waals surface area contributed by atoms with Gasteiger partial charge in [0, 0.05) is 37.7 Å². The van der Waals surface area contributed by atoms with Crippen LogP contribution in [0.15, 0.2) is 142 Å². The van der Waals surface area contributed by atoms with Gasteiger partial charge in [-0.3, -0.25) is 24.0 Å². The summed E-state index contributed by atoms with van der Waals surface area (Å²) in [7, 11) is 0. The van der Waals surface area contributed by atoms with Gasteiger partial charge in [0.25, 0.3) is 5.91 Å². The molecule has 3 aliphatic carbocycles. The van der Waals surface area contributed by atoms with Gasteiger partial charge in [-0.05, 0) is 79.3 Å². The number of amides is 1. The summed E-state index contributed by atoms with van der Waals surface area (Å²) in [5, 5.41) is 50.2. The molecule has 4 aliphatic rings. The van der Waals surface area contributed by atoms with Crippen LogP contribution in [0.2, 0.25) is 0 Å². The number of aliphatic carboxylic acids is 1. The second kappa shape index (κ2) is 21.9. The zero-order chi connectivity index (χ0) is 56.6. The summed E-state index contributed by atoms with van der Waals surface area (Å²) < 4.78 is 35.2. The molecule has 410 valence electrons. The van der Waals surface area contributed by atoms with Crippen LogP contribution in [-0.4, -0.2) is 116 Å². The molecule has 1 unspecified atom stereocenters. The number of ketones is 1.